The highest BCUT2D eigenvalue weighted by Crippen LogP contribution is 2.48. The van der Waals surface area contributed by atoms with Crippen molar-refractivity contribution in [2.45, 2.75) is 57.8 Å². The molecule has 3 atom stereocenters. The lowest BCUT2D eigenvalue weighted by Gasteiger charge is -2.27. The number of rotatable bonds is 11. The summed E-state index contributed by atoms with van der Waals surface area (Å²) in [5.41, 5.74) is 0.740. The number of ketones is 1. The van der Waals surface area contributed by atoms with Crippen LogP contribution < -0.4 is 10.1 Å². The van der Waals surface area contributed by atoms with E-state index in [1.807, 2.05) is 0 Å². The van der Waals surface area contributed by atoms with Crippen LogP contribution in [0, 0.1) is 5.92 Å². The van der Waals surface area contributed by atoms with Crippen LogP contribution in [0.25, 0.3) is 10.9 Å². The van der Waals surface area contributed by atoms with E-state index in [-0.39, 0.29) is 55.5 Å². The highest BCUT2D eigenvalue weighted by molar-refractivity contribution is 6.05. The second kappa shape index (κ2) is 11.2. The molecule has 1 saturated carbocycles. The second-order valence-electron chi connectivity index (χ2n) is 9.75. The van der Waals surface area contributed by atoms with E-state index in [9.17, 15) is 27.6 Å². The predicted molar refractivity (Wildman–Crippen MR) is 133 cm³/mol. The molecule has 2 aliphatic rings. The smallest absolute Gasteiger partial charge is 0.486 e. The Kier molecular flexibility index (Phi) is 7.70. The molecule has 2 amide bonds. The molecule has 14 heteroatoms. The van der Waals surface area contributed by atoms with Gasteiger partial charge in [0, 0.05) is 37.3 Å². The van der Waals surface area contributed by atoms with Gasteiger partial charge in [0.05, 0.1) is 12.1 Å². The highest BCUT2D eigenvalue weighted by Gasteiger charge is 2.55. The third kappa shape index (κ3) is 6.22. The zero-order valence-electron chi connectivity index (χ0n) is 21.6. The Hall–Kier alpha value is -4.07. The maximum absolute atomic E-state index is 13.4. The Morgan fingerprint density at radius 2 is 1.93 bits per heavy atom. The van der Waals surface area contributed by atoms with Gasteiger partial charge in [-0.3, -0.25) is 23.8 Å². The van der Waals surface area contributed by atoms with E-state index in [1.54, 1.807) is 41.6 Å². The van der Waals surface area contributed by atoms with E-state index in [0.717, 1.165) is 6.42 Å². The Labute approximate surface area is 226 Å². The van der Waals surface area contributed by atoms with Crippen LogP contribution in [0.3, 0.4) is 0 Å². The molecule has 1 N–H and O–H groups in total. The predicted octanol–water partition coefficient (Wildman–Crippen LogP) is 2.64. The SMILES string of the molecule is CC(=O)c1nn(CC(=O)N2[C@@H]3C[C@@H]3C[C@H]2C(=O)NCCCOC(F)(F)F)c2ccc(OCc3ncccn3)cc12. The molecule has 5 rings (SSSR count). The summed E-state index contributed by atoms with van der Waals surface area (Å²) < 4.78 is 47.3. The number of fused-ring (bicyclic) bond motifs is 2. The van der Waals surface area contributed by atoms with Gasteiger partial charge in [0.1, 0.15) is 30.6 Å². The number of hydrogen-bond donors (Lipinski definition) is 1. The molecule has 2 aromatic heterocycles. The van der Waals surface area contributed by atoms with Crippen LogP contribution in [-0.4, -0.2) is 73.8 Å². The van der Waals surface area contributed by atoms with Gasteiger partial charge in [-0.2, -0.15) is 5.10 Å². The molecule has 1 aromatic carbocycles. The van der Waals surface area contributed by atoms with Crippen LogP contribution in [0.2, 0.25) is 0 Å². The molecule has 212 valence electrons. The van der Waals surface area contributed by atoms with Crippen LogP contribution in [-0.2, 0) is 27.5 Å². The fourth-order valence-corrected chi connectivity index (χ4v) is 5.03. The van der Waals surface area contributed by atoms with Crippen LogP contribution >= 0.6 is 0 Å². The maximum Gasteiger partial charge on any atom is 0.522 e. The molecule has 3 heterocycles. The zero-order chi connectivity index (χ0) is 28.4. The normalized spacial score (nSPS) is 19.9. The van der Waals surface area contributed by atoms with Gasteiger partial charge in [-0.25, -0.2) is 9.97 Å². The monoisotopic (exact) mass is 560 g/mol. The van der Waals surface area contributed by atoms with Crippen molar-refractivity contribution in [1.82, 2.24) is 30.0 Å². The first-order valence-electron chi connectivity index (χ1n) is 12.8. The van der Waals surface area contributed by atoms with Crippen LogP contribution in [0.15, 0.2) is 36.7 Å². The summed E-state index contributed by atoms with van der Waals surface area (Å²) in [7, 11) is 0. The minimum Gasteiger partial charge on any atom is -0.486 e. The molecular weight excluding hydrogens is 533 g/mol. The molecule has 11 nitrogen and oxygen atoms in total. The molecular formula is C26H27F3N6O5. The average molecular weight is 561 g/mol. The first-order valence-corrected chi connectivity index (χ1v) is 12.8. The molecule has 0 bridgehead atoms. The maximum atomic E-state index is 13.4. The highest BCUT2D eigenvalue weighted by atomic mass is 19.4. The van der Waals surface area contributed by atoms with Crippen molar-refractivity contribution >= 4 is 28.5 Å². The van der Waals surface area contributed by atoms with Gasteiger partial charge < -0.3 is 15.0 Å². The molecule has 1 saturated heterocycles. The number of hydrogen-bond acceptors (Lipinski definition) is 8. The summed E-state index contributed by atoms with van der Waals surface area (Å²) in [4.78, 5) is 48.3. The number of halogens is 3. The van der Waals surface area contributed by atoms with E-state index in [4.69, 9.17) is 4.74 Å². The van der Waals surface area contributed by atoms with E-state index >= 15 is 0 Å². The van der Waals surface area contributed by atoms with Crippen molar-refractivity contribution < 1.29 is 37.0 Å². The number of nitrogens with one attached hydrogen (secondary N) is 1. The molecule has 2 fully saturated rings. The number of amides is 2. The molecule has 0 unspecified atom stereocenters. The lowest BCUT2D eigenvalue weighted by atomic mass is 10.1. The third-order valence-corrected chi connectivity index (χ3v) is 6.91. The minimum absolute atomic E-state index is 0.00462. The van der Waals surface area contributed by atoms with E-state index in [1.165, 1.54) is 11.6 Å². The van der Waals surface area contributed by atoms with Crippen molar-refractivity contribution in [2.75, 3.05) is 13.2 Å². The van der Waals surface area contributed by atoms with Crippen molar-refractivity contribution in [3.63, 3.8) is 0 Å². The number of carbonyl (C=O) groups excluding carboxylic acids is 3. The van der Waals surface area contributed by atoms with Gasteiger partial charge in [-0.1, -0.05) is 0 Å². The second-order valence-corrected chi connectivity index (χ2v) is 9.75. The molecule has 3 aromatic rings. The van der Waals surface area contributed by atoms with Crippen molar-refractivity contribution in [1.29, 1.82) is 0 Å². The van der Waals surface area contributed by atoms with E-state index in [2.05, 4.69) is 25.1 Å². The molecule has 0 radical (unpaired) electrons. The van der Waals surface area contributed by atoms with Crippen LogP contribution in [0.1, 0.15) is 42.5 Å². The summed E-state index contributed by atoms with van der Waals surface area (Å²) >= 11 is 0. The van der Waals surface area contributed by atoms with Gasteiger partial charge in [-0.15, -0.1) is 13.2 Å². The number of Topliss-reactive ketones (excluding diaryl/α,β-unsaturated/α-hetero) is 1. The molecule has 0 spiro atoms. The van der Waals surface area contributed by atoms with Gasteiger partial charge in [0.25, 0.3) is 0 Å². The van der Waals surface area contributed by atoms with E-state index < -0.39 is 24.9 Å². The number of aromatic nitrogens is 4. The molecule has 40 heavy (non-hydrogen) atoms. The Balaban J connectivity index is 1.26. The average Bonchev–Trinajstić information content (AvgIpc) is 3.42. The summed E-state index contributed by atoms with van der Waals surface area (Å²) in [6, 6.07) is 6.00. The first-order chi connectivity index (χ1) is 19.1. The minimum atomic E-state index is -4.72. The van der Waals surface area contributed by atoms with Gasteiger partial charge >= 0.3 is 6.36 Å². The third-order valence-electron chi connectivity index (χ3n) is 6.91. The fourth-order valence-electron chi connectivity index (χ4n) is 5.03. The summed E-state index contributed by atoms with van der Waals surface area (Å²) in [6.07, 6.45) is -0.239. The Bertz CT molecular complexity index is 1410. The quantitative estimate of drug-likeness (QED) is 0.280. The van der Waals surface area contributed by atoms with E-state index in [0.29, 0.717) is 28.9 Å². The number of nitrogens with zero attached hydrogens (tertiary/aromatic N) is 5. The number of ether oxygens (including phenoxy) is 2. The summed E-state index contributed by atoms with van der Waals surface area (Å²) in [6.45, 7) is 0.753. The van der Waals surface area contributed by atoms with Crippen molar-refractivity contribution in [3.05, 3.63) is 48.2 Å². The molecule has 1 aliphatic carbocycles. The van der Waals surface area contributed by atoms with Crippen LogP contribution in [0.5, 0.6) is 5.75 Å². The summed E-state index contributed by atoms with van der Waals surface area (Å²) in [5.74, 6) is 0.163. The largest absolute Gasteiger partial charge is 0.522 e. The first kappa shape index (κ1) is 27.5. The standard InChI is InChI=1S/C26H27F3N6O5/c1-15(36)24-18-12-17(39-14-22-30-6-2-7-31-22)4-5-19(18)34(33-24)13-23(37)35-20-10-16(20)11-21(35)25(38)32-8-3-9-40-26(27,28)29/h2,4-7,12,16,20-21H,3,8-11,13-14H2,1H3,(H,32,38)/t16-,20-,21+/m1/s1. The Morgan fingerprint density at radius 1 is 1.15 bits per heavy atom. The van der Waals surface area contributed by atoms with Gasteiger partial charge in [-0.05, 0) is 49.4 Å². The zero-order valence-corrected chi connectivity index (χ0v) is 21.6. The number of benzene rings is 1. The number of carbonyl (C=O) groups is 3. The van der Waals surface area contributed by atoms with Gasteiger partial charge in [0.15, 0.2) is 11.6 Å². The lowest BCUT2D eigenvalue weighted by Crippen LogP contribution is -2.49. The summed E-state index contributed by atoms with van der Waals surface area (Å²) in [5, 5.41) is 7.52. The van der Waals surface area contributed by atoms with Crippen molar-refractivity contribution in [2.24, 2.45) is 5.92 Å². The number of alkyl halides is 3. The molecule has 1 aliphatic heterocycles. The van der Waals surface area contributed by atoms with Crippen molar-refractivity contribution in [3.8, 4) is 5.75 Å². The lowest BCUT2D eigenvalue weighted by molar-refractivity contribution is -0.324. The number of piperidine rings is 1. The van der Waals surface area contributed by atoms with Crippen LogP contribution in [0.4, 0.5) is 13.2 Å². The van der Waals surface area contributed by atoms with Gasteiger partial charge in [0.2, 0.25) is 11.8 Å². The fraction of sp³-hybridized carbons (Fsp3) is 0.462. The number of likely N-dealkylation sites (tertiary alicyclic amines) is 1. The topological polar surface area (TPSA) is 129 Å². The Morgan fingerprint density at radius 3 is 2.65 bits per heavy atom.